The van der Waals surface area contributed by atoms with Gasteiger partial charge in [0.15, 0.2) is 0 Å². The third-order valence-electron chi connectivity index (χ3n) is 3.55. The molecule has 0 radical (unpaired) electrons. The van der Waals surface area contributed by atoms with E-state index in [0.29, 0.717) is 24.5 Å². The summed E-state index contributed by atoms with van der Waals surface area (Å²) in [6, 6.07) is 5.03. The average molecular weight is 314 g/mol. The lowest BCUT2D eigenvalue weighted by atomic mass is 10.0. The van der Waals surface area contributed by atoms with Gasteiger partial charge in [-0.3, -0.25) is 9.88 Å². The second-order valence-corrected chi connectivity index (χ2v) is 4.99. The van der Waals surface area contributed by atoms with Crippen molar-refractivity contribution in [3.63, 3.8) is 0 Å². The molecular formula is C14H17F3N4O. The first-order valence-electron chi connectivity index (χ1n) is 6.86. The number of nitrogens with one attached hydrogen (secondary N) is 2. The minimum absolute atomic E-state index is 0.243. The standard InChI is InChI=1S/C14H17F3N4O/c1-3-21(8-12-18-13(22)20-19-12)9(2)10-5-4-6-11(7-10)14(15,16)17/h4-7,9H,3,8H2,1-2H3,(H2,18,19,20,22)/t9-/m0/s1. The van der Waals surface area contributed by atoms with Crippen LogP contribution in [0.2, 0.25) is 0 Å². The van der Waals surface area contributed by atoms with Crippen LogP contribution in [0.5, 0.6) is 0 Å². The van der Waals surface area contributed by atoms with Crippen LogP contribution in [-0.4, -0.2) is 26.6 Å². The molecule has 0 aliphatic rings. The number of benzene rings is 1. The molecule has 2 aromatic rings. The van der Waals surface area contributed by atoms with Crippen molar-refractivity contribution in [2.24, 2.45) is 0 Å². The van der Waals surface area contributed by atoms with Gasteiger partial charge in [-0.05, 0) is 31.2 Å². The molecule has 2 rings (SSSR count). The molecular weight excluding hydrogens is 297 g/mol. The number of alkyl halides is 3. The molecule has 0 aliphatic carbocycles. The van der Waals surface area contributed by atoms with Crippen molar-refractivity contribution in [3.05, 3.63) is 51.7 Å². The van der Waals surface area contributed by atoms with Gasteiger partial charge in [-0.1, -0.05) is 19.1 Å². The molecule has 0 amide bonds. The molecule has 1 aromatic carbocycles. The van der Waals surface area contributed by atoms with Gasteiger partial charge in [0.2, 0.25) is 0 Å². The van der Waals surface area contributed by atoms with Crippen LogP contribution in [0, 0.1) is 0 Å². The number of H-pyrrole nitrogens is 2. The Kier molecular flexibility index (Phi) is 4.70. The van der Waals surface area contributed by atoms with E-state index in [4.69, 9.17) is 0 Å². The van der Waals surface area contributed by atoms with Gasteiger partial charge in [0.05, 0.1) is 12.1 Å². The average Bonchev–Trinajstić information content (AvgIpc) is 2.88. The number of aromatic nitrogens is 3. The summed E-state index contributed by atoms with van der Waals surface area (Å²) in [4.78, 5) is 15.5. The molecule has 0 saturated carbocycles. The number of aromatic amines is 2. The molecule has 0 aliphatic heterocycles. The van der Waals surface area contributed by atoms with Gasteiger partial charge in [-0.15, -0.1) is 0 Å². The Morgan fingerprint density at radius 3 is 2.64 bits per heavy atom. The minimum atomic E-state index is -4.36. The van der Waals surface area contributed by atoms with Crippen molar-refractivity contribution in [3.8, 4) is 0 Å². The Morgan fingerprint density at radius 1 is 1.36 bits per heavy atom. The van der Waals surface area contributed by atoms with E-state index in [0.717, 1.165) is 12.1 Å². The van der Waals surface area contributed by atoms with E-state index >= 15 is 0 Å². The molecule has 0 fully saturated rings. The second kappa shape index (κ2) is 6.35. The minimum Gasteiger partial charge on any atom is -0.292 e. The summed E-state index contributed by atoms with van der Waals surface area (Å²) in [6.07, 6.45) is -4.36. The SMILES string of the molecule is CCN(Cc1n[nH]c(=O)[nH]1)[C@@H](C)c1cccc(C(F)(F)F)c1. The van der Waals surface area contributed by atoms with Crippen molar-refractivity contribution >= 4 is 0 Å². The van der Waals surface area contributed by atoms with E-state index in [1.165, 1.54) is 6.07 Å². The Balaban J connectivity index is 2.21. The van der Waals surface area contributed by atoms with Crippen molar-refractivity contribution in [1.82, 2.24) is 20.1 Å². The van der Waals surface area contributed by atoms with E-state index in [1.807, 2.05) is 18.7 Å². The highest BCUT2D eigenvalue weighted by molar-refractivity contribution is 5.27. The van der Waals surface area contributed by atoms with Crippen molar-refractivity contribution in [2.45, 2.75) is 32.6 Å². The maximum absolute atomic E-state index is 12.8. The van der Waals surface area contributed by atoms with E-state index in [9.17, 15) is 18.0 Å². The monoisotopic (exact) mass is 314 g/mol. The van der Waals surface area contributed by atoms with Crippen LogP contribution in [0.15, 0.2) is 29.1 Å². The summed E-state index contributed by atoms with van der Waals surface area (Å²) in [7, 11) is 0. The zero-order valence-electron chi connectivity index (χ0n) is 12.2. The van der Waals surface area contributed by atoms with Crippen molar-refractivity contribution < 1.29 is 13.2 Å². The third kappa shape index (κ3) is 3.76. The molecule has 1 aromatic heterocycles. The Bertz CT molecular complexity index is 677. The van der Waals surface area contributed by atoms with Crippen LogP contribution in [0.3, 0.4) is 0 Å². The summed E-state index contributed by atoms with van der Waals surface area (Å²) in [5.41, 5.74) is -0.506. The molecule has 1 heterocycles. The molecule has 0 spiro atoms. The molecule has 5 nitrogen and oxygen atoms in total. The van der Waals surface area contributed by atoms with Crippen LogP contribution in [0.4, 0.5) is 13.2 Å². The van der Waals surface area contributed by atoms with Crippen LogP contribution in [0.1, 0.15) is 36.8 Å². The predicted octanol–water partition coefficient (Wildman–Crippen LogP) is 2.70. The van der Waals surface area contributed by atoms with Gasteiger partial charge >= 0.3 is 11.9 Å². The largest absolute Gasteiger partial charge is 0.416 e. The van der Waals surface area contributed by atoms with Crippen LogP contribution in [0.25, 0.3) is 0 Å². The highest BCUT2D eigenvalue weighted by Crippen LogP contribution is 2.32. The lowest BCUT2D eigenvalue weighted by Crippen LogP contribution is -2.27. The van der Waals surface area contributed by atoms with E-state index in [-0.39, 0.29) is 6.04 Å². The Labute approximate surface area is 125 Å². The van der Waals surface area contributed by atoms with E-state index in [2.05, 4.69) is 15.2 Å². The van der Waals surface area contributed by atoms with Gasteiger partial charge in [0.25, 0.3) is 0 Å². The second-order valence-electron chi connectivity index (χ2n) is 4.99. The van der Waals surface area contributed by atoms with E-state index in [1.54, 1.807) is 6.07 Å². The maximum atomic E-state index is 12.8. The summed E-state index contributed by atoms with van der Waals surface area (Å²) in [6.45, 7) is 4.66. The van der Waals surface area contributed by atoms with Crippen LogP contribution in [-0.2, 0) is 12.7 Å². The number of rotatable bonds is 5. The normalized spacial score (nSPS) is 13.5. The molecule has 0 bridgehead atoms. The van der Waals surface area contributed by atoms with Crippen LogP contribution >= 0.6 is 0 Å². The molecule has 120 valence electrons. The zero-order chi connectivity index (χ0) is 16.3. The number of halogens is 3. The van der Waals surface area contributed by atoms with Gasteiger partial charge in [0, 0.05) is 6.04 Å². The lowest BCUT2D eigenvalue weighted by Gasteiger charge is -2.27. The molecule has 22 heavy (non-hydrogen) atoms. The number of hydrogen-bond donors (Lipinski definition) is 2. The zero-order valence-corrected chi connectivity index (χ0v) is 12.2. The van der Waals surface area contributed by atoms with Crippen molar-refractivity contribution in [2.75, 3.05) is 6.54 Å². The Morgan fingerprint density at radius 2 is 2.09 bits per heavy atom. The highest BCUT2D eigenvalue weighted by atomic mass is 19.4. The fourth-order valence-corrected chi connectivity index (χ4v) is 2.28. The first kappa shape index (κ1) is 16.3. The first-order chi connectivity index (χ1) is 10.3. The van der Waals surface area contributed by atoms with Gasteiger partial charge in [-0.2, -0.15) is 18.3 Å². The molecule has 8 heteroatoms. The lowest BCUT2D eigenvalue weighted by molar-refractivity contribution is -0.137. The fourth-order valence-electron chi connectivity index (χ4n) is 2.28. The topological polar surface area (TPSA) is 64.8 Å². The highest BCUT2D eigenvalue weighted by Gasteiger charge is 2.31. The van der Waals surface area contributed by atoms with E-state index < -0.39 is 17.4 Å². The predicted molar refractivity (Wildman–Crippen MR) is 75.2 cm³/mol. The molecule has 0 unspecified atom stereocenters. The summed E-state index contributed by atoms with van der Waals surface area (Å²) in [5.74, 6) is 0.450. The van der Waals surface area contributed by atoms with Gasteiger partial charge < -0.3 is 0 Å². The van der Waals surface area contributed by atoms with Crippen molar-refractivity contribution in [1.29, 1.82) is 0 Å². The van der Waals surface area contributed by atoms with Gasteiger partial charge in [0.1, 0.15) is 5.82 Å². The molecule has 2 N–H and O–H groups in total. The van der Waals surface area contributed by atoms with Gasteiger partial charge in [-0.25, -0.2) is 9.89 Å². The summed E-state index contributed by atoms with van der Waals surface area (Å²) >= 11 is 0. The fraction of sp³-hybridized carbons (Fsp3) is 0.429. The quantitative estimate of drug-likeness (QED) is 0.892. The summed E-state index contributed by atoms with van der Waals surface area (Å²) in [5, 5.41) is 6.09. The number of hydrogen-bond acceptors (Lipinski definition) is 3. The smallest absolute Gasteiger partial charge is 0.292 e. The molecule has 1 atom stereocenters. The maximum Gasteiger partial charge on any atom is 0.416 e. The number of nitrogens with zero attached hydrogens (tertiary/aromatic N) is 2. The summed E-state index contributed by atoms with van der Waals surface area (Å²) < 4.78 is 38.4. The molecule has 0 saturated heterocycles. The first-order valence-corrected chi connectivity index (χ1v) is 6.86. The third-order valence-corrected chi connectivity index (χ3v) is 3.55. The van der Waals surface area contributed by atoms with Crippen LogP contribution < -0.4 is 5.69 Å². The Hall–Kier alpha value is -2.09.